The van der Waals surface area contributed by atoms with Crippen molar-refractivity contribution in [1.29, 1.82) is 0 Å². The van der Waals surface area contributed by atoms with E-state index in [1.807, 2.05) is 18.2 Å². The minimum Gasteiger partial charge on any atom is -0.494 e. The van der Waals surface area contributed by atoms with Crippen molar-refractivity contribution >= 4 is 23.6 Å². The number of nitrogens with one attached hydrogen (secondary N) is 2. The Kier molecular flexibility index (Phi) is 7.45. The summed E-state index contributed by atoms with van der Waals surface area (Å²) >= 11 is 0. The zero-order chi connectivity index (χ0) is 23.8. The van der Waals surface area contributed by atoms with Gasteiger partial charge in [-0.05, 0) is 66.6 Å². The molecule has 1 aliphatic rings. The molecule has 3 aromatic rings. The van der Waals surface area contributed by atoms with Gasteiger partial charge in [0.2, 0.25) is 6.79 Å². The number of amides is 2. The molecule has 0 aromatic heterocycles. The first-order chi connectivity index (χ1) is 16.6. The van der Waals surface area contributed by atoms with Crippen LogP contribution < -0.4 is 24.8 Å². The molecule has 0 radical (unpaired) electrons. The van der Waals surface area contributed by atoms with Gasteiger partial charge in [-0.1, -0.05) is 37.6 Å². The maximum atomic E-state index is 13.0. The number of hydrogen-bond acceptors (Lipinski definition) is 5. The standard InChI is InChI=1S/C27H26N2O5/c1-2-3-15-32-22-12-10-20(11-13-22)26(30)29-23(27(31)28-21-7-5-4-6-8-21)16-19-9-14-24-25(17-19)34-18-33-24/h4-14,16-17H,2-3,15,18H2,1H3,(H,28,31)(H,29,30)/b23-16+. The van der Waals surface area contributed by atoms with Gasteiger partial charge in [0.05, 0.1) is 6.61 Å². The molecule has 0 spiro atoms. The van der Waals surface area contributed by atoms with Gasteiger partial charge in [-0.3, -0.25) is 9.59 Å². The highest BCUT2D eigenvalue weighted by Crippen LogP contribution is 2.33. The number of unbranched alkanes of at least 4 members (excludes halogenated alkanes) is 1. The lowest BCUT2D eigenvalue weighted by molar-refractivity contribution is -0.113. The average Bonchev–Trinajstić information content (AvgIpc) is 3.33. The van der Waals surface area contributed by atoms with E-state index in [-0.39, 0.29) is 12.5 Å². The molecule has 2 N–H and O–H groups in total. The van der Waals surface area contributed by atoms with Gasteiger partial charge in [0, 0.05) is 11.3 Å². The van der Waals surface area contributed by atoms with E-state index in [2.05, 4.69) is 17.6 Å². The highest BCUT2D eigenvalue weighted by atomic mass is 16.7. The van der Waals surface area contributed by atoms with Gasteiger partial charge < -0.3 is 24.8 Å². The number of ether oxygens (including phenoxy) is 3. The SMILES string of the molecule is CCCCOc1ccc(C(=O)N/C(=C/c2ccc3c(c2)OCO3)C(=O)Nc2ccccc2)cc1. The Balaban J connectivity index is 1.53. The second-order valence-electron chi connectivity index (χ2n) is 7.67. The van der Waals surface area contributed by atoms with Crippen molar-refractivity contribution < 1.29 is 23.8 Å². The number of fused-ring (bicyclic) bond motifs is 1. The zero-order valence-corrected chi connectivity index (χ0v) is 18.9. The largest absolute Gasteiger partial charge is 0.494 e. The number of anilines is 1. The van der Waals surface area contributed by atoms with Gasteiger partial charge in [-0.15, -0.1) is 0 Å². The summed E-state index contributed by atoms with van der Waals surface area (Å²) < 4.78 is 16.4. The quantitative estimate of drug-likeness (QED) is 0.348. The number of benzene rings is 3. The third-order valence-corrected chi connectivity index (χ3v) is 5.12. The van der Waals surface area contributed by atoms with E-state index in [9.17, 15) is 9.59 Å². The number of carbonyl (C=O) groups excluding carboxylic acids is 2. The first-order valence-corrected chi connectivity index (χ1v) is 11.1. The summed E-state index contributed by atoms with van der Waals surface area (Å²) in [5, 5.41) is 5.55. The van der Waals surface area contributed by atoms with Crippen molar-refractivity contribution in [2.45, 2.75) is 19.8 Å². The second-order valence-corrected chi connectivity index (χ2v) is 7.67. The van der Waals surface area contributed by atoms with Gasteiger partial charge >= 0.3 is 0 Å². The highest BCUT2D eigenvalue weighted by molar-refractivity contribution is 6.10. The van der Waals surface area contributed by atoms with Crippen molar-refractivity contribution in [2.24, 2.45) is 0 Å². The molecule has 174 valence electrons. The van der Waals surface area contributed by atoms with E-state index in [1.165, 1.54) is 0 Å². The van der Waals surface area contributed by atoms with Crippen LogP contribution in [-0.4, -0.2) is 25.2 Å². The van der Waals surface area contributed by atoms with Crippen LogP contribution in [0.2, 0.25) is 0 Å². The molecular formula is C27H26N2O5. The molecule has 0 atom stereocenters. The van der Waals surface area contributed by atoms with Crippen molar-refractivity contribution in [3.63, 3.8) is 0 Å². The molecule has 0 fully saturated rings. The predicted octanol–water partition coefficient (Wildman–Crippen LogP) is 5.00. The lowest BCUT2D eigenvalue weighted by Gasteiger charge is -2.12. The third kappa shape index (κ3) is 5.95. The predicted molar refractivity (Wildman–Crippen MR) is 130 cm³/mol. The number of para-hydroxylation sites is 1. The fraction of sp³-hybridized carbons (Fsp3) is 0.185. The Morgan fingerprint density at radius 3 is 2.50 bits per heavy atom. The molecule has 2 amide bonds. The van der Waals surface area contributed by atoms with Crippen molar-refractivity contribution in [3.8, 4) is 17.2 Å². The fourth-order valence-corrected chi connectivity index (χ4v) is 3.28. The molecule has 4 rings (SSSR count). The molecule has 3 aromatic carbocycles. The fourth-order valence-electron chi connectivity index (χ4n) is 3.28. The van der Waals surface area contributed by atoms with E-state index < -0.39 is 11.8 Å². The zero-order valence-electron chi connectivity index (χ0n) is 18.9. The van der Waals surface area contributed by atoms with Crippen LogP contribution in [0.4, 0.5) is 5.69 Å². The molecule has 0 bridgehead atoms. The van der Waals surface area contributed by atoms with Crippen molar-refractivity contribution in [3.05, 3.63) is 89.6 Å². The summed E-state index contributed by atoms with van der Waals surface area (Å²) in [6.45, 7) is 2.88. The first kappa shape index (κ1) is 22.9. The van der Waals surface area contributed by atoms with Crippen LogP contribution in [0.3, 0.4) is 0 Å². The Morgan fingerprint density at radius 2 is 1.74 bits per heavy atom. The molecule has 0 saturated carbocycles. The Morgan fingerprint density at radius 1 is 0.971 bits per heavy atom. The summed E-state index contributed by atoms with van der Waals surface area (Å²) in [7, 11) is 0. The molecule has 1 aliphatic heterocycles. The summed E-state index contributed by atoms with van der Waals surface area (Å²) in [5.41, 5.74) is 1.80. The number of rotatable bonds is 9. The molecule has 1 heterocycles. The van der Waals surface area contributed by atoms with Crippen LogP contribution in [0.25, 0.3) is 6.08 Å². The maximum absolute atomic E-state index is 13.0. The van der Waals surface area contributed by atoms with Gasteiger partial charge in [-0.2, -0.15) is 0 Å². The molecule has 7 heteroatoms. The van der Waals surface area contributed by atoms with Gasteiger partial charge in [0.1, 0.15) is 11.4 Å². The molecule has 0 aliphatic carbocycles. The summed E-state index contributed by atoms with van der Waals surface area (Å²) in [4.78, 5) is 26.0. The molecule has 7 nitrogen and oxygen atoms in total. The lowest BCUT2D eigenvalue weighted by Crippen LogP contribution is -2.30. The van der Waals surface area contributed by atoms with Crippen LogP contribution in [0, 0.1) is 0 Å². The lowest BCUT2D eigenvalue weighted by atomic mass is 10.1. The van der Waals surface area contributed by atoms with Crippen LogP contribution in [0.5, 0.6) is 17.2 Å². The van der Waals surface area contributed by atoms with Gasteiger partial charge in [0.15, 0.2) is 11.5 Å². The Bertz CT molecular complexity index is 1170. The van der Waals surface area contributed by atoms with E-state index in [0.717, 1.165) is 12.8 Å². The molecule has 34 heavy (non-hydrogen) atoms. The summed E-state index contributed by atoms with van der Waals surface area (Å²) in [6.07, 6.45) is 3.61. The molecule has 0 saturated heterocycles. The van der Waals surface area contributed by atoms with Gasteiger partial charge in [-0.25, -0.2) is 0 Å². The smallest absolute Gasteiger partial charge is 0.272 e. The van der Waals surface area contributed by atoms with E-state index in [0.29, 0.717) is 40.7 Å². The van der Waals surface area contributed by atoms with Crippen LogP contribution in [0.1, 0.15) is 35.7 Å². The van der Waals surface area contributed by atoms with Gasteiger partial charge in [0.25, 0.3) is 11.8 Å². The first-order valence-electron chi connectivity index (χ1n) is 11.1. The monoisotopic (exact) mass is 458 g/mol. The highest BCUT2D eigenvalue weighted by Gasteiger charge is 2.17. The third-order valence-electron chi connectivity index (χ3n) is 5.12. The van der Waals surface area contributed by atoms with Crippen LogP contribution >= 0.6 is 0 Å². The normalized spacial score (nSPS) is 12.2. The minimum absolute atomic E-state index is 0.0935. The van der Waals surface area contributed by atoms with Crippen molar-refractivity contribution in [1.82, 2.24) is 5.32 Å². The minimum atomic E-state index is -0.447. The van der Waals surface area contributed by atoms with Crippen LogP contribution in [-0.2, 0) is 4.79 Å². The van der Waals surface area contributed by atoms with Crippen molar-refractivity contribution in [2.75, 3.05) is 18.7 Å². The summed E-state index contributed by atoms with van der Waals surface area (Å²) in [6, 6.07) is 21.2. The second kappa shape index (κ2) is 11.0. The van der Waals surface area contributed by atoms with E-state index in [4.69, 9.17) is 14.2 Å². The molecular weight excluding hydrogens is 432 g/mol. The Labute approximate surface area is 198 Å². The van der Waals surface area contributed by atoms with E-state index in [1.54, 1.807) is 60.7 Å². The topological polar surface area (TPSA) is 85.9 Å². The average molecular weight is 459 g/mol. The Hall–Kier alpha value is -4.26. The van der Waals surface area contributed by atoms with E-state index >= 15 is 0 Å². The number of carbonyl (C=O) groups is 2. The van der Waals surface area contributed by atoms with Crippen LogP contribution in [0.15, 0.2) is 78.5 Å². The number of hydrogen-bond donors (Lipinski definition) is 2. The summed E-state index contributed by atoms with van der Waals surface area (Å²) in [5.74, 6) is 1.06. The molecule has 0 unspecified atom stereocenters. The maximum Gasteiger partial charge on any atom is 0.272 e.